The van der Waals surface area contributed by atoms with Gasteiger partial charge in [-0.3, -0.25) is 19.3 Å². The van der Waals surface area contributed by atoms with E-state index in [4.69, 9.17) is 0 Å². The number of benzene rings is 2. The zero-order valence-corrected chi connectivity index (χ0v) is 18.8. The molecule has 0 spiro atoms. The molecule has 2 unspecified atom stereocenters. The molecule has 2 atom stereocenters. The third-order valence-corrected chi connectivity index (χ3v) is 7.39. The van der Waals surface area contributed by atoms with E-state index in [1.807, 2.05) is 18.2 Å². The van der Waals surface area contributed by atoms with E-state index in [2.05, 4.69) is 5.18 Å². The first-order valence-electron chi connectivity index (χ1n) is 11.8. The van der Waals surface area contributed by atoms with E-state index < -0.39 is 29.7 Å². The molecule has 3 aliphatic rings. The molecule has 174 valence electrons. The Bertz CT molecular complexity index is 1200. The van der Waals surface area contributed by atoms with Gasteiger partial charge < -0.3 is 5.11 Å². The van der Waals surface area contributed by atoms with E-state index in [0.29, 0.717) is 11.1 Å². The predicted octanol–water partition coefficient (Wildman–Crippen LogP) is 5.16. The van der Waals surface area contributed by atoms with Gasteiger partial charge in [0.1, 0.15) is 6.04 Å². The lowest BCUT2D eigenvalue weighted by Crippen LogP contribution is -2.33. The summed E-state index contributed by atoms with van der Waals surface area (Å²) in [7, 11) is 0. The Hall–Kier alpha value is -3.61. The van der Waals surface area contributed by atoms with Crippen molar-refractivity contribution >= 4 is 23.4 Å². The molecular formula is C27H26N2O5. The van der Waals surface area contributed by atoms with Crippen molar-refractivity contribution in [1.82, 2.24) is 4.90 Å². The summed E-state index contributed by atoms with van der Waals surface area (Å²) in [6, 6.07) is 11.7. The number of imide groups is 1. The summed E-state index contributed by atoms with van der Waals surface area (Å²) < 4.78 is 0. The minimum absolute atomic E-state index is 0.0181. The van der Waals surface area contributed by atoms with Crippen molar-refractivity contribution in [2.75, 3.05) is 6.54 Å². The van der Waals surface area contributed by atoms with Crippen LogP contribution in [0.5, 0.6) is 0 Å². The summed E-state index contributed by atoms with van der Waals surface area (Å²) in [5, 5.41) is 13.1. The summed E-state index contributed by atoms with van der Waals surface area (Å²) in [5.74, 6) is -2.80. The molecule has 0 radical (unpaired) electrons. The quantitative estimate of drug-likeness (QED) is 0.435. The number of carboxylic acid groups (broad SMARTS) is 1. The molecular weight excluding hydrogens is 432 g/mol. The number of allylic oxidation sites excluding steroid dienone is 2. The maximum Gasteiger partial charge on any atom is 0.306 e. The summed E-state index contributed by atoms with van der Waals surface area (Å²) >= 11 is 0. The molecule has 7 nitrogen and oxygen atoms in total. The first-order valence-corrected chi connectivity index (χ1v) is 11.8. The number of aliphatic carboxylic acids is 1. The average molecular weight is 459 g/mol. The summed E-state index contributed by atoms with van der Waals surface area (Å²) in [6.07, 6.45) is 5.61. The van der Waals surface area contributed by atoms with Gasteiger partial charge >= 0.3 is 5.97 Å². The molecule has 7 heteroatoms. The lowest BCUT2D eigenvalue weighted by Gasteiger charge is -2.20. The number of amides is 2. The van der Waals surface area contributed by atoms with Crippen molar-refractivity contribution in [2.45, 2.75) is 51.0 Å². The van der Waals surface area contributed by atoms with Gasteiger partial charge in [-0.1, -0.05) is 41.1 Å². The number of rotatable bonds is 8. The van der Waals surface area contributed by atoms with Gasteiger partial charge in [0.2, 0.25) is 0 Å². The van der Waals surface area contributed by atoms with Gasteiger partial charge in [0, 0.05) is 6.54 Å². The number of carbonyl (C=O) groups is 3. The monoisotopic (exact) mass is 458 g/mol. The fourth-order valence-corrected chi connectivity index (χ4v) is 5.56. The first-order chi connectivity index (χ1) is 16.5. The van der Waals surface area contributed by atoms with E-state index in [-0.39, 0.29) is 19.4 Å². The Balaban J connectivity index is 1.28. The van der Waals surface area contributed by atoms with Crippen molar-refractivity contribution in [1.29, 1.82) is 0 Å². The number of fused-ring (bicyclic) bond motifs is 3. The standard InChI is InChI=1S/C27H26N2O5/c30-25-22-7-3-4-8-23(22)26(31)29(25)12-11-18(27(32)33)15-24(28-34)17-9-10-21-19(14-17)13-16-5-1-2-6-20(16)21/h3-4,7-10,14,18,24H,1-2,5-6,11-13,15H2,(H,32,33). The van der Waals surface area contributed by atoms with Crippen molar-refractivity contribution in [3.8, 4) is 0 Å². The smallest absolute Gasteiger partial charge is 0.306 e. The molecule has 2 aromatic carbocycles. The van der Waals surface area contributed by atoms with Gasteiger partial charge in [-0.15, -0.1) is 0 Å². The zero-order chi connectivity index (χ0) is 23.8. The lowest BCUT2D eigenvalue weighted by atomic mass is 9.90. The molecule has 5 rings (SSSR count). The highest BCUT2D eigenvalue weighted by Crippen LogP contribution is 2.42. The minimum atomic E-state index is -1.07. The molecule has 2 amide bonds. The Kier molecular flexibility index (Phi) is 5.86. The van der Waals surface area contributed by atoms with E-state index >= 15 is 0 Å². The van der Waals surface area contributed by atoms with Crippen LogP contribution in [0.15, 0.2) is 53.2 Å². The van der Waals surface area contributed by atoms with Gasteiger partial charge in [-0.05, 0) is 79.3 Å². The van der Waals surface area contributed by atoms with Crippen LogP contribution in [0.2, 0.25) is 0 Å². The van der Waals surface area contributed by atoms with Crippen LogP contribution in [0.4, 0.5) is 0 Å². The number of carboxylic acids is 1. The Morgan fingerprint density at radius 1 is 1.00 bits per heavy atom. The second-order valence-corrected chi connectivity index (χ2v) is 9.37. The number of carbonyl (C=O) groups excluding carboxylic acids is 2. The molecule has 0 fully saturated rings. The van der Waals surface area contributed by atoms with Crippen molar-refractivity contribution in [2.24, 2.45) is 11.1 Å². The van der Waals surface area contributed by atoms with Crippen LogP contribution in [0.3, 0.4) is 0 Å². The molecule has 0 bridgehead atoms. The van der Waals surface area contributed by atoms with Gasteiger partial charge in [0.05, 0.1) is 17.0 Å². The number of hydrogen-bond acceptors (Lipinski definition) is 5. The highest BCUT2D eigenvalue weighted by atomic mass is 16.4. The van der Waals surface area contributed by atoms with Crippen LogP contribution in [0.1, 0.15) is 82.0 Å². The van der Waals surface area contributed by atoms with Crippen LogP contribution in [-0.2, 0) is 11.2 Å². The third-order valence-electron chi connectivity index (χ3n) is 7.39. The van der Waals surface area contributed by atoms with Crippen LogP contribution in [0.25, 0.3) is 5.57 Å². The van der Waals surface area contributed by atoms with Gasteiger partial charge in [-0.2, -0.15) is 4.91 Å². The van der Waals surface area contributed by atoms with E-state index in [1.54, 1.807) is 24.3 Å². The maximum atomic E-state index is 12.6. The average Bonchev–Trinajstić information content (AvgIpc) is 3.34. The second-order valence-electron chi connectivity index (χ2n) is 9.37. The molecule has 0 saturated carbocycles. The Labute approximate surface area is 197 Å². The Morgan fingerprint density at radius 2 is 1.71 bits per heavy atom. The fraction of sp³-hybridized carbons (Fsp3) is 0.370. The Morgan fingerprint density at radius 3 is 2.38 bits per heavy atom. The molecule has 0 aromatic heterocycles. The summed E-state index contributed by atoms with van der Waals surface area (Å²) in [4.78, 5) is 50.0. The highest BCUT2D eigenvalue weighted by Gasteiger charge is 2.36. The summed E-state index contributed by atoms with van der Waals surface area (Å²) in [6.45, 7) is -0.0181. The van der Waals surface area contributed by atoms with Crippen LogP contribution >= 0.6 is 0 Å². The molecule has 2 aliphatic carbocycles. The van der Waals surface area contributed by atoms with Gasteiger partial charge in [-0.25, -0.2) is 0 Å². The van der Waals surface area contributed by atoms with Crippen molar-refractivity contribution in [3.63, 3.8) is 0 Å². The van der Waals surface area contributed by atoms with Gasteiger partial charge in [0.25, 0.3) is 11.8 Å². The van der Waals surface area contributed by atoms with E-state index in [1.165, 1.54) is 35.1 Å². The van der Waals surface area contributed by atoms with Crippen molar-refractivity contribution in [3.05, 3.63) is 80.8 Å². The first kappa shape index (κ1) is 22.2. The molecule has 1 aliphatic heterocycles. The third kappa shape index (κ3) is 3.85. The van der Waals surface area contributed by atoms with Crippen LogP contribution < -0.4 is 0 Å². The van der Waals surface area contributed by atoms with Gasteiger partial charge in [0.15, 0.2) is 0 Å². The van der Waals surface area contributed by atoms with E-state index in [9.17, 15) is 24.4 Å². The molecule has 0 saturated heterocycles. The molecule has 1 heterocycles. The maximum absolute atomic E-state index is 12.6. The molecule has 1 N–H and O–H groups in total. The molecule has 34 heavy (non-hydrogen) atoms. The highest BCUT2D eigenvalue weighted by molar-refractivity contribution is 6.21. The van der Waals surface area contributed by atoms with Crippen LogP contribution in [0, 0.1) is 10.8 Å². The van der Waals surface area contributed by atoms with Crippen molar-refractivity contribution < 1.29 is 19.5 Å². The largest absolute Gasteiger partial charge is 0.481 e. The SMILES string of the molecule is O=NC(CC(CCN1C(=O)c2ccccc2C1=O)C(=O)O)c1ccc2c(c1)CC1=C2CCCC1. The summed E-state index contributed by atoms with van der Waals surface area (Å²) in [5.41, 5.74) is 6.76. The fourth-order valence-electron chi connectivity index (χ4n) is 5.56. The lowest BCUT2D eigenvalue weighted by molar-refractivity contribution is -0.142. The zero-order valence-electron chi connectivity index (χ0n) is 18.8. The normalized spacial score (nSPS) is 18.4. The topological polar surface area (TPSA) is 104 Å². The second kappa shape index (κ2) is 8.97. The molecule has 2 aromatic rings. The van der Waals surface area contributed by atoms with Crippen LogP contribution in [-0.4, -0.2) is 34.3 Å². The predicted molar refractivity (Wildman–Crippen MR) is 126 cm³/mol. The number of hydrogen-bond donors (Lipinski definition) is 1. The number of nitrogens with zero attached hydrogens (tertiary/aromatic N) is 2. The van der Waals surface area contributed by atoms with E-state index in [0.717, 1.165) is 29.7 Å². The number of nitroso groups, excluding NO2 is 1. The minimum Gasteiger partial charge on any atom is -0.481 e.